The summed E-state index contributed by atoms with van der Waals surface area (Å²) in [5.41, 5.74) is 1.29. The number of aryl methyl sites for hydroxylation is 1. The van der Waals surface area contributed by atoms with Gasteiger partial charge < -0.3 is 10.1 Å². The minimum absolute atomic E-state index is 0.171. The number of hydrogen-bond acceptors (Lipinski definition) is 3. The highest BCUT2D eigenvalue weighted by molar-refractivity contribution is 8.00. The van der Waals surface area contributed by atoms with E-state index in [-0.39, 0.29) is 10.7 Å². The maximum atomic E-state index is 11.7. The van der Waals surface area contributed by atoms with E-state index in [0.717, 1.165) is 37.3 Å². The van der Waals surface area contributed by atoms with Gasteiger partial charge in [-0.15, -0.1) is 0 Å². The molecule has 1 amide bonds. The molecule has 1 rings (SSSR count). The molecule has 4 heteroatoms. The van der Waals surface area contributed by atoms with Crippen molar-refractivity contribution in [2.45, 2.75) is 51.2 Å². The first-order valence-electron chi connectivity index (χ1n) is 7.94. The van der Waals surface area contributed by atoms with Gasteiger partial charge >= 0.3 is 0 Å². The fourth-order valence-corrected chi connectivity index (χ4v) is 2.86. The molecule has 0 saturated carbocycles. The number of unbranched alkanes of at least 4 members (excludes halogenated alkanes) is 1. The van der Waals surface area contributed by atoms with E-state index in [4.69, 9.17) is 4.74 Å². The van der Waals surface area contributed by atoms with Crippen LogP contribution in [-0.2, 0) is 11.2 Å². The predicted molar refractivity (Wildman–Crippen MR) is 95.8 cm³/mol. The highest BCUT2D eigenvalue weighted by Gasteiger charge is 2.09. The maximum absolute atomic E-state index is 11.7. The molecule has 0 bridgehead atoms. The van der Waals surface area contributed by atoms with Crippen molar-refractivity contribution < 1.29 is 9.53 Å². The molecule has 124 valence electrons. The number of nitrogens with one attached hydrogen (secondary N) is 1. The summed E-state index contributed by atoms with van der Waals surface area (Å²) in [5.74, 6) is 2.03. The second-order valence-corrected chi connectivity index (χ2v) is 8.29. The second kappa shape index (κ2) is 9.78. The first kappa shape index (κ1) is 18.9. The number of amides is 1. The van der Waals surface area contributed by atoms with Crippen molar-refractivity contribution in [2.75, 3.05) is 19.4 Å². The summed E-state index contributed by atoms with van der Waals surface area (Å²) < 4.78 is 5.41. The van der Waals surface area contributed by atoms with E-state index in [9.17, 15) is 4.79 Å². The van der Waals surface area contributed by atoms with E-state index < -0.39 is 0 Å². The number of hydrogen-bond donors (Lipinski definition) is 1. The van der Waals surface area contributed by atoms with Crippen LogP contribution in [0.4, 0.5) is 0 Å². The van der Waals surface area contributed by atoms with E-state index in [0.29, 0.717) is 6.42 Å². The molecule has 0 unspecified atom stereocenters. The Morgan fingerprint density at radius 2 is 1.86 bits per heavy atom. The molecule has 1 aromatic rings. The topological polar surface area (TPSA) is 38.3 Å². The molecule has 0 radical (unpaired) electrons. The fourth-order valence-electron chi connectivity index (χ4n) is 2.04. The second-order valence-electron chi connectivity index (χ2n) is 6.37. The molecule has 0 aliphatic rings. The Labute approximate surface area is 139 Å². The SMILES string of the molecule is COc1ccc(CCCCC(=O)NCCSC(C)(C)C)cc1. The zero-order chi connectivity index (χ0) is 16.4. The molecule has 0 aromatic heterocycles. The van der Waals surface area contributed by atoms with Crippen LogP contribution in [0.15, 0.2) is 24.3 Å². The molecule has 22 heavy (non-hydrogen) atoms. The van der Waals surface area contributed by atoms with Gasteiger partial charge in [-0.3, -0.25) is 4.79 Å². The summed E-state index contributed by atoms with van der Waals surface area (Å²) in [4.78, 5) is 11.7. The number of methoxy groups -OCH3 is 1. The third-order valence-corrected chi connectivity index (χ3v) is 4.51. The quantitative estimate of drug-likeness (QED) is 0.697. The van der Waals surface area contributed by atoms with Crippen LogP contribution in [0.2, 0.25) is 0 Å². The lowest BCUT2D eigenvalue weighted by Gasteiger charge is -2.17. The lowest BCUT2D eigenvalue weighted by molar-refractivity contribution is -0.121. The van der Waals surface area contributed by atoms with E-state index >= 15 is 0 Å². The van der Waals surface area contributed by atoms with Gasteiger partial charge in [0.15, 0.2) is 0 Å². The molecule has 0 spiro atoms. The van der Waals surface area contributed by atoms with Gasteiger partial charge in [-0.2, -0.15) is 11.8 Å². The number of ether oxygens (including phenoxy) is 1. The van der Waals surface area contributed by atoms with Gasteiger partial charge in [0.25, 0.3) is 0 Å². The smallest absolute Gasteiger partial charge is 0.220 e. The zero-order valence-corrected chi connectivity index (χ0v) is 15.1. The Balaban J connectivity index is 2.07. The number of rotatable bonds is 9. The van der Waals surface area contributed by atoms with E-state index in [2.05, 4.69) is 38.2 Å². The van der Waals surface area contributed by atoms with Gasteiger partial charge in [-0.25, -0.2) is 0 Å². The lowest BCUT2D eigenvalue weighted by atomic mass is 10.1. The highest BCUT2D eigenvalue weighted by Crippen LogP contribution is 2.22. The molecule has 0 fully saturated rings. The minimum Gasteiger partial charge on any atom is -0.497 e. The van der Waals surface area contributed by atoms with Crippen LogP contribution >= 0.6 is 11.8 Å². The summed E-state index contributed by atoms with van der Waals surface area (Å²) in [6.45, 7) is 7.34. The van der Waals surface area contributed by atoms with Crippen LogP contribution in [0.25, 0.3) is 0 Å². The van der Waals surface area contributed by atoms with Gasteiger partial charge in [-0.05, 0) is 37.0 Å². The zero-order valence-electron chi connectivity index (χ0n) is 14.3. The van der Waals surface area contributed by atoms with Crippen molar-refractivity contribution in [2.24, 2.45) is 0 Å². The van der Waals surface area contributed by atoms with E-state index in [1.807, 2.05) is 23.9 Å². The fraction of sp³-hybridized carbons (Fsp3) is 0.611. The molecule has 3 nitrogen and oxygen atoms in total. The van der Waals surface area contributed by atoms with Crippen LogP contribution in [0.5, 0.6) is 5.75 Å². The monoisotopic (exact) mass is 323 g/mol. The van der Waals surface area contributed by atoms with Crippen molar-refractivity contribution >= 4 is 17.7 Å². The summed E-state index contributed by atoms with van der Waals surface area (Å²) in [6, 6.07) is 8.13. The van der Waals surface area contributed by atoms with Gasteiger partial charge in [0.2, 0.25) is 5.91 Å². The van der Waals surface area contributed by atoms with Crippen molar-refractivity contribution in [1.29, 1.82) is 0 Å². The summed E-state index contributed by atoms with van der Waals surface area (Å²) in [7, 11) is 1.67. The van der Waals surface area contributed by atoms with Crippen molar-refractivity contribution in [3.8, 4) is 5.75 Å². The standard InChI is InChI=1S/C18H29NO2S/c1-18(2,3)22-14-13-19-17(20)8-6-5-7-15-9-11-16(21-4)12-10-15/h9-12H,5-8,13-14H2,1-4H3,(H,19,20). The third kappa shape index (κ3) is 8.98. The molecule has 0 aliphatic carbocycles. The van der Waals surface area contributed by atoms with Gasteiger partial charge in [0.1, 0.15) is 5.75 Å². The van der Waals surface area contributed by atoms with Crippen LogP contribution in [-0.4, -0.2) is 30.1 Å². The van der Waals surface area contributed by atoms with Crippen LogP contribution in [0.1, 0.15) is 45.6 Å². The Hall–Kier alpha value is -1.16. The maximum Gasteiger partial charge on any atom is 0.220 e. The summed E-state index contributed by atoms with van der Waals surface area (Å²) >= 11 is 1.88. The molecule has 0 aliphatic heterocycles. The Morgan fingerprint density at radius 1 is 1.18 bits per heavy atom. The Morgan fingerprint density at radius 3 is 2.45 bits per heavy atom. The lowest BCUT2D eigenvalue weighted by Crippen LogP contribution is -2.26. The molecule has 0 saturated heterocycles. The van der Waals surface area contributed by atoms with E-state index in [1.165, 1.54) is 5.56 Å². The Bertz CT molecular complexity index is 437. The average molecular weight is 324 g/mol. The van der Waals surface area contributed by atoms with Crippen molar-refractivity contribution in [1.82, 2.24) is 5.32 Å². The first-order valence-corrected chi connectivity index (χ1v) is 8.93. The molecule has 0 heterocycles. The number of benzene rings is 1. The normalized spacial score (nSPS) is 11.3. The minimum atomic E-state index is 0.171. The van der Waals surface area contributed by atoms with Crippen molar-refractivity contribution in [3.63, 3.8) is 0 Å². The third-order valence-electron chi connectivity index (χ3n) is 3.24. The molecular formula is C18H29NO2S. The van der Waals surface area contributed by atoms with Crippen LogP contribution < -0.4 is 10.1 Å². The highest BCUT2D eigenvalue weighted by atomic mass is 32.2. The molecule has 0 atom stereocenters. The predicted octanol–water partition coefficient (Wildman–Crippen LogP) is 4.06. The van der Waals surface area contributed by atoms with Gasteiger partial charge in [-0.1, -0.05) is 32.9 Å². The number of thioether (sulfide) groups is 1. The number of carbonyl (C=O) groups excluding carboxylic acids is 1. The van der Waals surface area contributed by atoms with Crippen LogP contribution in [0.3, 0.4) is 0 Å². The Kier molecular flexibility index (Phi) is 8.39. The number of carbonyl (C=O) groups is 1. The van der Waals surface area contributed by atoms with Crippen LogP contribution in [0, 0.1) is 0 Å². The van der Waals surface area contributed by atoms with Gasteiger partial charge in [0.05, 0.1) is 7.11 Å². The molecule has 1 N–H and O–H groups in total. The van der Waals surface area contributed by atoms with Gasteiger partial charge in [0, 0.05) is 23.5 Å². The first-order chi connectivity index (χ1) is 10.4. The summed E-state index contributed by atoms with van der Waals surface area (Å²) in [6.07, 6.45) is 3.61. The van der Waals surface area contributed by atoms with Crippen molar-refractivity contribution in [3.05, 3.63) is 29.8 Å². The molecular weight excluding hydrogens is 294 g/mol. The molecule has 1 aromatic carbocycles. The average Bonchev–Trinajstić information content (AvgIpc) is 2.48. The summed E-state index contributed by atoms with van der Waals surface area (Å²) in [5, 5.41) is 2.99. The largest absolute Gasteiger partial charge is 0.497 e. The van der Waals surface area contributed by atoms with E-state index in [1.54, 1.807) is 7.11 Å².